The van der Waals surface area contributed by atoms with Crippen LogP contribution in [-0.2, 0) is 24.6 Å². The van der Waals surface area contributed by atoms with Crippen LogP contribution in [0.15, 0.2) is 72.8 Å². The van der Waals surface area contributed by atoms with E-state index in [2.05, 4.69) is 32.0 Å². The molecule has 0 radical (unpaired) electrons. The van der Waals surface area contributed by atoms with E-state index >= 15 is 0 Å². The summed E-state index contributed by atoms with van der Waals surface area (Å²) in [6, 6.07) is 23.0. The van der Waals surface area contributed by atoms with Crippen LogP contribution in [0.1, 0.15) is 38.2 Å². The maximum Gasteiger partial charge on any atom is 0.153 e. The van der Waals surface area contributed by atoms with E-state index in [-0.39, 0.29) is 22.9 Å². The number of rotatable bonds is 10. The number of ether oxygens (including phenoxy) is 3. The maximum atomic E-state index is 11.0. The summed E-state index contributed by atoms with van der Waals surface area (Å²) in [6.07, 6.45) is 0.555. The maximum absolute atomic E-state index is 11.0. The average molecular weight is 517 g/mol. The number of phenols is 1. The molecular formula is C31H29ClO5. The first kappa shape index (κ1) is 26.3. The van der Waals surface area contributed by atoms with Gasteiger partial charge in [0.25, 0.3) is 0 Å². The lowest BCUT2D eigenvalue weighted by Gasteiger charge is -2.17. The number of hydrogen-bond acceptors (Lipinski definition) is 5. The SMILES string of the molecule is COc1ccc(COCc2cccc(-c3cccc(COc4cc(O)c(C=O)cc4Cl)c3C)c2C)cc1. The third kappa shape index (κ3) is 6.13. The molecule has 0 aromatic heterocycles. The van der Waals surface area contributed by atoms with Gasteiger partial charge in [0, 0.05) is 6.07 Å². The predicted molar refractivity (Wildman–Crippen MR) is 146 cm³/mol. The van der Waals surface area contributed by atoms with Gasteiger partial charge in [0.05, 0.1) is 30.9 Å². The lowest BCUT2D eigenvalue weighted by atomic mass is 9.92. The second-order valence-electron chi connectivity index (χ2n) is 8.77. The van der Waals surface area contributed by atoms with Gasteiger partial charge in [-0.2, -0.15) is 0 Å². The molecule has 5 nitrogen and oxygen atoms in total. The molecule has 0 aliphatic heterocycles. The molecule has 0 bridgehead atoms. The minimum absolute atomic E-state index is 0.124. The molecule has 0 fully saturated rings. The van der Waals surface area contributed by atoms with E-state index in [1.807, 2.05) is 42.5 Å². The van der Waals surface area contributed by atoms with E-state index in [9.17, 15) is 9.90 Å². The Morgan fingerprint density at radius 1 is 0.838 bits per heavy atom. The summed E-state index contributed by atoms with van der Waals surface area (Å²) in [5, 5.41) is 10.2. The molecule has 0 aliphatic carbocycles. The van der Waals surface area contributed by atoms with Crippen molar-refractivity contribution >= 4 is 17.9 Å². The van der Waals surface area contributed by atoms with Crippen molar-refractivity contribution in [3.05, 3.63) is 111 Å². The topological polar surface area (TPSA) is 65.0 Å². The highest BCUT2D eigenvalue weighted by Crippen LogP contribution is 2.34. The summed E-state index contributed by atoms with van der Waals surface area (Å²) in [4.78, 5) is 11.0. The summed E-state index contributed by atoms with van der Waals surface area (Å²) in [7, 11) is 1.65. The van der Waals surface area contributed by atoms with Crippen molar-refractivity contribution in [3.63, 3.8) is 0 Å². The lowest BCUT2D eigenvalue weighted by Crippen LogP contribution is -2.02. The zero-order valence-corrected chi connectivity index (χ0v) is 21.8. The Bertz CT molecular complexity index is 1400. The van der Waals surface area contributed by atoms with Gasteiger partial charge in [0.1, 0.15) is 23.9 Å². The minimum atomic E-state index is -0.165. The highest BCUT2D eigenvalue weighted by molar-refractivity contribution is 6.32. The molecule has 0 atom stereocenters. The summed E-state index contributed by atoms with van der Waals surface area (Å²) < 4.78 is 17.1. The number of halogens is 1. The van der Waals surface area contributed by atoms with Gasteiger partial charge in [0.15, 0.2) is 6.29 Å². The van der Waals surface area contributed by atoms with Crippen molar-refractivity contribution in [1.29, 1.82) is 0 Å². The number of benzene rings is 4. The van der Waals surface area contributed by atoms with Crippen LogP contribution in [0.2, 0.25) is 5.02 Å². The molecule has 0 amide bonds. The summed E-state index contributed by atoms with van der Waals surface area (Å²) >= 11 is 6.23. The molecule has 6 heteroatoms. The first-order chi connectivity index (χ1) is 17.9. The molecule has 4 rings (SSSR count). The molecule has 4 aromatic carbocycles. The van der Waals surface area contributed by atoms with Crippen LogP contribution in [0, 0.1) is 13.8 Å². The monoisotopic (exact) mass is 516 g/mol. The summed E-state index contributed by atoms with van der Waals surface area (Å²) in [5.41, 5.74) is 7.84. The van der Waals surface area contributed by atoms with Crippen LogP contribution >= 0.6 is 11.6 Å². The third-order valence-electron chi connectivity index (χ3n) is 6.46. The Balaban J connectivity index is 1.49. The van der Waals surface area contributed by atoms with Crippen LogP contribution in [0.3, 0.4) is 0 Å². The fraction of sp³-hybridized carbons (Fsp3) is 0.194. The second kappa shape index (κ2) is 12.0. The number of carbonyl (C=O) groups excluding carboxylic acids is 1. The van der Waals surface area contributed by atoms with Gasteiger partial charge in [-0.1, -0.05) is 60.1 Å². The van der Waals surface area contributed by atoms with Crippen LogP contribution in [0.25, 0.3) is 11.1 Å². The van der Waals surface area contributed by atoms with Gasteiger partial charge in [-0.15, -0.1) is 0 Å². The third-order valence-corrected chi connectivity index (χ3v) is 6.75. The Hall–Kier alpha value is -3.80. The van der Waals surface area contributed by atoms with E-state index in [4.69, 9.17) is 25.8 Å². The van der Waals surface area contributed by atoms with Crippen LogP contribution in [0.5, 0.6) is 17.2 Å². The highest BCUT2D eigenvalue weighted by atomic mass is 35.5. The largest absolute Gasteiger partial charge is 0.507 e. The van der Waals surface area contributed by atoms with E-state index in [0.717, 1.165) is 44.7 Å². The standard InChI is InChI=1S/C31H29ClO5/c1-20-23(18-36-17-22-10-12-26(35-3)13-11-22)6-4-8-27(20)28-9-5-7-24(21(28)2)19-37-31-15-30(34)25(16-33)14-29(31)32/h4-16,34H,17-19H2,1-3H3. The highest BCUT2D eigenvalue weighted by Gasteiger charge is 2.13. The predicted octanol–water partition coefficient (Wildman–Crippen LogP) is 7.45. The van der Waals surface area contributed by atoms with E-state index in [1.54, 1.807) is 7.11 Å². The van der Waals surface area contributed by atoms with E-state index < -0.39 is 0 Å². The second-order valence-corrected chi connectivity index (χ2v) is 9.18. The summed E-state index contributed by atoms with van der Waals surface area (Å²) in [5.74, 6) is 0.982. The van der Waals surface area contributed by atoms with Crippen molar-refractivity contribution in [2.45, 2.75) is 33.7 Å². The number of phenolic OH excluding ortho intramolecular Hbond substituents is 1. The summed E-state index contributed by atoms with van der Waals surface area (Å²) in [6.45, 7) is 5.47. The number of hydrogen-bond donors (Lipinski definition) is 1. The number of aldehydes is 1. The Labute approximate surface area is 222 Å². The fourth-order valence-corrected chi connectivity index (χ4v) is 4.41. The molecule has 190 valence electrons. The lowest BCUT2D eigenvalue weighted by molar-refractivity contribution is 0.107. The van der Waals surface area contributed by atoms with Crippen molar-refractivity contribution in [2.24, 2.45) is 0 Å². The molecule has 0 heterocycles. The van der Waals surface area contributed by atoms with Gasteiger partial charge in [-0.3, -0.25) is 4.79 Å². The zero-order chi connectivity index (χ0) is 26.4. The first-order valence-corrected chi connectivity index (χ1v) is 12.3. The van der Waals surface area contributed by atoms with Gasteiger partial charge in [-0.05, 0) is 71.0 Å². The number of carbonyl (C=O) groups is 1. The van der Waals surface area contributed by atoms with E-state index in [0.29, 0.717) is 25.2 Å². The van der Waals surface area contributed by atoms with Gasteiger partial charge < -0.3 is 19.3 Å². The molecular weight excluding hydrogens is 488 g/mol. The van der Waals surface area contributed by atoms with Gasteiger partial charge in [-0.25, -0.2) is 0 Å². The Kier molecular flexibility index (Phi) is 8.49. The van der Waals surface area contributed by atoms with Crippen molar-refractivity contribution < 1.29 is 24.1 Å². The Morgan fingerprint density at radius 2 is 1.46 bits per heavy atom. The van der Waals surface area contributed by atoms with Crippen molar-refractivity contribution in [3.8, 4) is 28.4 Å². The van der Waals surface area contributed by atoms with Crippen molar-refractivity contribution in [2.75, 3.05) is 7.11 Å². The molecule has 0 unspecified atom stereocenters. The van der Waals surface area contributed by atoms with Crippen molar-refractivity contribution in [1.82, 2.24) is 0 Å². The molecule has 0 spiro atoms. The van der Waals surface area contributed by atoms with Gasteiger partial charge in [0.2, 0.25) is 0 Å². The van der Waals surface area contributed by atoms with Crippen LogP contribution < -0.4 is 9.47 Å². The molecule has 0 saturated heterocycles. The molecule has 0 saturated carbocycles. The average Bonchev–Trinajstić information content (AvgIpc) is 2.91. The molecule has 1 N–H and O–H groups in total. The quantitative estimate of drug-likeness (QED) is 0.222. The zero-order valence-electron chi connectivity index (χ0n) is 21.1. The van der Waals surface area contributed by atoms with E-state index in [1.165, 1.54) is 12.1 Å². The molecule has 4 aromatic rings. The van der Waals surface area contributed by atoms with Crippen LogP contribution in [-0.4, -0.2) is 18.5 Å². The number of aromatic hydroxyl groups is 1. The molecule has 0 aliphatic rings. The minimum Gasteiger partial charge on any atom is -0.507 e. The molecule has 37 heavy (non-hydrogen) atoms. The Morgan fingerprint density at radius 3 is 2.05 bits per heavy atom. The smallest absolute Gasteiger partial charge is 0.153 e. The first-order valence-electron chi connectivity index (χ1n) is 11.9. The number of methoxy groups -OCH3 is 1. The van der Waals surface area contributed by atoms with Gasteiger partial charge >= 0.3 is 0 Å². The van der Waals surface area contributed by atoms with Crippen LogP contribution in [0.4, 0.5) is 0 Å². The normalized spacial score (nSPS) is 10.8. The fourth-order valence-electron chi connectivity index (χ4n) is 4.18.